The molecule has 1 atom stereocenters. The molecule has 0 radical (unpaired) electrons. The third-order valence-corrected chi connectivity index (χ3v) is 5.35. The summed E-state index contributed by atoms with van der Waals surface area (Å²) in [6.07, 6.45) is 7.58. The van der Waals surface area contributed by atoms with E-state index in [1.165, 1.54) is 37.8 Å². The van der Waals surface area contributed by atoms with E-state index >= 15 is 0 Å². The highest BCUT2D eigenvalue weighted by Crippen LogP contribution is 2.40. The van der Waals surface area contributed by atoms with Crippen LogP contribution < -0.4 is 5.73 Å². The van der Waals surface area contributed by atoms with Crippen LogP contribution in [0, 0.1) is 11.6 Å². The number of hydrogen-bond donors (Lipinski definition) is 1. The van der Waals surface area contributed by atoms with Crippen LogP contribution in [0.2, 0.25) is 0 Å². The first kappa shape index (κ1) is 14.9. The molecule has 1 heterocycles. The number of benzene rings is 1. The molecule has 0 spiro atoms. The molecule has 21 heavy (non-hydrogen) atoms. The second-order valence-electron chi connectivity index (χ2n) is 6.55. The predicted octanol–water partition coefficient (Wildman–Crippen LogP) is 3.24. The topological polar surface area (TPSA) is 29.3 Å². The maximum atomic E-state index is 13.9. The van der Waals surface area contributed by atoms with Crippen LogP contribution in [-0.4, -0.2) is 29.6 Å². The van der Waals surface area contributed by atoms with Crippen LogP contribution in [0.5, 0.6) is 0 Å². The Bertz CT molecular complexity index is 492. The minimum absolute atomic E-state index is 0.0251. The lowest BCUT2D eigenvalue weighted by atomic mass is 9.83. The van der Waals surface area contributed by atoms with Gasteiger partial charge in [0.05, 0.1) is 0 Å². The maximum absolute atomic E-state index is 13.9. The number of rotatable bonds is 4. The molecule has 1 saturated heterocycles. The van der Waals surface area contributed by atoms with Gasteiger partial charge in [-0.1, -0.05) is 18.9 Å². The molecular weight excluding hydrogens is 270 g/mol. The van der Waals surface area contributed by atoms with E-state index in [-0.39, 0.29) is 11.6 Å². The lowest BCUT2D eigenvalue weighted by Crippen LogP contribution is -2.58. The highest BCUT2D eigenvalue weighted by molar-refractivity contribution is 5.21. The smallest absolute Gasteiger partial charge is 0.129 e. The van der Waals surface area contributed by atoms with Gasteiger partial charge in [-0.25, -0.2) is 8.78 Å². The zero-order valence-electron chi connectivity index (χ0n) is 12.5. The summed E-state index contributed by atoms with van der Waals surface area (Å²) in [5.41, 5.74) is 7.09. The van der Waals surface area contributed by atoms with Crippen LogP contribution in [0.1, 0.15) is 44.1 Å². The Kier molecular flexibility index (Phi) is 4.27. The average Bonchev–Trinajstić information content (AvgIpc) is 3.11. The fraction of sp³-hybridized carbons (Fsp3) is 0.647. The van der Waals surface area contributed by atoms with Crippen molar-refractivity contribution in [2.45, 2.75) is 56.5 Å². The van der Waals surface area contributed by atoms with Gasteiger partial charge in [0.2, 0.25) is 0 Å². The second kappa shape index (κ2) is 6.01. The van der Waals surface area contributed by atoms with E-state index in [2.05, 4.69) is 4.90 Å². The molecule has 2 nitrogen and oxygen atoms in total. The third kappa shape index (κ3) is 2.84. The summed E-state index contributed by atoms with van der Waals surface area (Å²) < 4.78 is 26.9. The first-order valence-corrected chi connectivity index (χ1v) is 8.06. The average molecular weight is 294 g/mol. The summed E-state index contributed by atoms with van der Waals surface area (Å²) in [7, 11) is 0. The summed E-state index contributed by atoms with van der Waals surface area (Å²) in [5.74, 6) is -1.00. The molecule has 0 aromatic heterocycles. The number of halogens is 2. The van der Waals surface area contributed by atoms with E-state index < -0.39 is 11.6 Å². The van der Waals surface area contributed by atoms with Gasteiger partial charge < -0.3 is 5.73 Å². The largest absolute Gasteiger partial charge is 0.326 e. The minimum Gasteiger partial charge on any atom is -0.326 e. The van der Waals surface area contributed by atoms with E-state index in [1.54, 1.807) is 0 Å². The normalized spacial score (nSPS) is 23.6. The third-order valence-electron chi connectivity index (χ3n) is 5.35. The molecule has 2 fully saturated rings. The molecule has 0 bridgehead atoms. The van der Waals surface area contributed by atoms with Crippen molar-refractivity contribution < 1.29 is 8.78 Å². The van der Waals surface area contributed by atoms with Gasteiger partial charge in [0.1, 0.15) is 11.6 Å². The second-order valence-corrected chi connectivity index (χ2v) is 6.55. The molecule has 2 aliphatic rings. The van der Waals surface area contributed by atoms with E-state index in [0.29, 0.717) is 12.0 Å². The Morgan fingerprint density at radius 3 is 2.38 bits per heavy atom. The fourth-order valence-electron chi connectivity index (χ4n) is 4.19. The number of nitrogens with two attached hydrogens (primary N) is 1. The van der Waals surface area contributed by atoms with Crippen molar-refractivity contribution in [3.63, 3.8) is 0 Å². The van der Waals surface area contributed by atoms with Gasteiger partial charge in [-0.2, -0.15) is 0 Å². The first-order valence-electron chi connectivity index (χ1n) is 8.06. The Morgan fingerprint density at radius 2 is 1.76 bits per heavy atom. The molecular formula is C17H24F2N2. The number of nitrogens with zero attached hydrogens (tertiary/aromatic N) is 1. The van der Waals surface area contributed by atoms with Gasteiger partial charge in [-0.15, -0.1) is 0 Å². The van der Waals surface area contributed by atoms with Crippen LogP contribution in [-0.2, 0) is 6.42 Å². The zero-order chi connectivity index (χ0) is 14.9. The fourth-order valence-corrected chi connectivity index (χ4v) is 4.19. The molecule has 0 amide bonds. The number of likely N-dealkylation sites (tertiary alicyclic amines) is 1. The summed E-state index contributed by atoms with van der Waals surface area (Å²) in [6.45, 7) is 2.22. The van der Waals surface area contributed by atoms with Crippen molar-refractivity contribution in [1.82, 2.24) is 4.90 Å². The van der Waals surface area contributed by atoms with Crippen LogP contribution in [0.15, 0.2) is 18.2 Å². The van der Waals surface area contributed by atoms with Crippen LogP contribution in [0.4, 0.5) is 8.78 Å². The Morgan fingerprint density at radius 1 is 1.10 bits per heavy atom. The highest BCUT2D eigenvalue weighted by atomic mass is 19.1. The molecule has 1 aliphatic heterocycles. The molecule has 2 N–H and O–H groups in total. The van der Waals surface area contributed by atoms with Crippen molar-refractivity contribution in [2.75, 3.05) is 13.1 Å². The molecule has 3 rings (SSSR count). The Balaban J connectivity index is 1.79. The monoisotopic (exact) mass is 294 g/mol. The first-order chi connectivity index (χ1) is 10.1. The molecule has 116 valence electrons. The molecule has 1 saturated carbocycles. The summed E-state index contributed by atoms with van der Waals surface area (Å²) >= 11 is 0. The van der Waals surface area contributed by atoms with Gasteiger partial charge in [-0.05, 0) is 56.8 Å². The van der Waals surface area contributed by atoms with E-state index in [1.807, 2.05) is 0 Å². The molecule has 1 aromatic rings. The highest BCUT2D eigenvalue weighted by Gasteiger charge is 2.45. The quantitative estimate of drug-likeness (QED) is 0.923. The van der Waals surface area contributed by atoms with Crippen molar-refractivity contribution in [3.05, 3.63) is 35.4 Å². The van der Waals surface area contributed by atoms with Gasteiger partial charge in [0.25, 0.3) is 0 Å². The molecule has 1 unspecified atom stereocenters. The van der Waals surface area contributed by atoms with Crippen LogP contribution >= 0.6 is 0 Å². The van der Waals surface area contributed by atoms with Gasteiger partial charge >= 0.3 is 0 Å². The lowest BCUT2D eigenvalue weighted by molar-refractivity contribution is 0.0918. The van der Waals surface area contributed by atoms with Gasteiger partial charge in [0, 0.05) is 17.6 Å². The van der Waals surface area contributed by atoms with Crippen LogP contribution in [0.3, 0.4) is 0 Å². The van der Waals surface area contributed by atoms with Crippen molar-refractivity contribution in [2.24, 2.45) is 5.73 Å². The van der Waals surface area contributed by atoms with E-state index in [4.69, 9.17) is 5.73 Å². The van der Waals surface area contributed by atoms with Gasteiger partial charge in [0.15, 0.2) is 0 Å². The lowest BCUT2D eigenvalue weighted by Gasteiger charge is -2.43. The molecule has 1 aromatic carbocycles. The minimum atomic E-state index is -0.528. The van der Waals surface area contributed by atoms with E-state index in [0.717, 1.165) is 32.0 Å². The Labute approximate surface area is 125 Å². The summed E-state index contributed by atoms with van der Waals surface area (Å²) in [6, 6.07) is 3.73. The Hall–Kier alpha value is -1.00. The van der Waals surface area contributed by atoms with Crippen molar-refractivity contribution in [1.29, 1.82) is 0 Å². The van der Waals surface area contributed by atoms with Crippen molar-refractivity contribution >= 4 is 0 Å². The molecule has 1 aliphatic carbocycles. The van der Waals surface area contributed by atoms with E-state index in [9.17, 15) is 8.78 Å². The number of hydrogen-bond acceptors (Lipinski definition) is 2. The SMILES string of the molecule is NC(Cc1ccc(F)cc1F)C1(N2CCCC2)CCCC1. The van der Waals surface area contributed by atoms with Gasteiger partial charge in [-0.3, -0.25) is 4.90 Å². The maximum Gasteiger partial charge on any atom is 0.129 e. The molecule has 4 heteroatoms. The standard InChI is InChI=1S/C17H24F2N2/c18-14-6-5-13(15(19)12-14)11-16(20)17(7-1-2-8-17)21-9-3-4-10-21/h5-6,12,16H,1-4,7-11,20H2. The predicted molar refractivity (Wildman–Crippen MR) is 80.0 cm³/mol. The zero-order valence-corrected chi connectivity index (χ0v) is 12.5. The summed E-state index contributed by atoms with van der Waals surface area (Å²) in [5, 5.41) is 0. The van der Waals surface area contributed by atoms with Crippen molar-refractivity contribution in [3.8, 4) is 0 Å². The summed E-state index contributed by atoms with van der Waals surface area (Å²) in [4.78, 5) is 2.53. The van der Waals surface area contributed by atoms with Crippen LogP contribution in [0.25, 0.3) is 0 Å².